The molecule has 0 atom stereocenters. The minimum atomic E-state index is 0.480. The summed E-state index contributed by atoms with van der Waals surface area (Å²) >= 11 is 0. The van der Waals surface area contributed by atoms with Crippen LogP contribution in [0.25, 0.3) is 23.9 Å². The van der Waals surface area contributed by atoms with Crippen LogP contribution in [-0.2, 0) is 6.54 Å². The third-order valence-electron chi connectivity index (χ3n) is 4.33. The van der Waals surface area contributed by atoms with E-state index < -0.39 is 0 Å². The molecule has 0 bridgehead atoms. The first-order valence-electron chi connectivity index (χ1n) is 7.85. The highest BCUT2D eigenvalue weighted by Gasteiger charge is 2.11. The smallest absolute Gasteiger partial charge is 0.0512 e. The molecule has 0 saturated heterocycles. The van der Waals surface area contributed by atoms with Crippen LogP contribution in [0.3, 0.4) is 0 Å². The van der Waals surface area contributed by atoms with Gasteiger partial charge in [-0.25, -0.2) is 0 Å². The fraction of sp³-hybridized carbons (Fsp3) is 0.143. The minimum absolute atomic E-state index is 0.480. The summed E-state index contributed by atoms with van der Waals surface area (Å²) in [5.74, 6) is 0. The van der Waals surface area contributed by atoms with Gasteiger partial charge in [-0.05, 0) is 42.2 Å². The summed E-state index contributed by atoms with van der Waals surface area (Å²) in [5, 5.41) is 2.01. The number of hydrogen-bond donors (Lipinski definition) is 2. The van der Waals surface area contributed by atoms with Crippen LogP contribution >= 0.6 is 0 Å². The molecule has 0 aliphatic carbocycles. The number of aromatic nitrogens is 1. The van der Waals surface area contributed by atoms with Crippen LogP contribution in [-0.4, -0.2) is 4.98 Å². The van der Waals surface area contributed by atoms with E-state index in [9.17, 15) is 0 Å². The second-order valence-corrected chi connectivity index (χ2v) is 5.89. The summed E-state index contributed by atoms with van der Waals surface area (Å²) in [6, 6.07) is 16.7. The molecule has 2 nitrogen and oxygen atoms in total. The van der Waals surface area contributed by atoms with Crippen LogP contribution in [0.4, 0.5) is 0 Å². The molecule has 1 aromatic heterocycles. The van der Waals surface area contributed by atoms with E-state index in [1.807, 2.05) is 0 Å². The van der Waals surface area contributed by atoms with E-state index in [-0.39, 0.29) is 0 Å². The van der Waals surface area contributed by atoms with Gasteiger partial charge in [0.2, 0.25) is 0 Å². The Hall–Kier alpha value is -2.58. The summed E-state index contributed by atoms with van der Waals surface area (Å²) in [4.78, 5) is 3.44. The van der Waals surface area contributed by atoms with Gasteiger partial charge < -0.3 is 10.7 Å². The Kier molecular flexibility index (Phi) is 4.18. The number of rotatable bonds is 3. The van der Waals surface area contributed by atoms with Gasteiger partial charge in [-0.3, -0.25) is 0 Å². The first kappa shape index (κ1) is 15.3. The Morgan fingerprint density at radius 2 is 1.65 bits per heavy atom. The highest BCUT2D eigenvalue weighted by Crippen LogP contribution is 2.22. The first-order valence-corrected chi connectivity index (χ1v) is 7.85. The van der Waals surface area contributed by atoms with Crippen molar-refractivity contribution in [3.05, 3.63) is 81.4 Å². The molecule has 0 aliphatic heterocycles. The van der Waals surface area contributed by atoms with Crippen LogP contribution in [0, 0.1) is 13.8 Å². The fourth-order valence-corrected chi connectivity index (χ4v) is 2.98. The van der Waals surface area contributed by atoms with Crippen LogP contribution < -0.4 is 16.3 Å². The SMILES string of the molecule is C=c1[nH]c(-c2ccccc2C)c(CN)/c1=C/c1ccccc1C. The maximum atomic E-state index is 6.08. The van der Waals surface area contributed by atoms with Crippen molar-refractivity contribution >= 4 is 12.7 Å². The maximum Gasteiger partial charge on any atom is 0.0512 e. The lowest BCUT2D eigenvalue weighted by molar-refractivity contribution is 1.07. The first-order chi connectivity index (χ1) is 11.1. The third kappa shape index (κ3) is 2.86. The molecule has 3 N–H and O–H groups in total. The monoisotopic (exact) mass is 302 g/mol. The topological polar surface area (TPSA) is 41.8 Å². The zero-order valence-corrected chi connectivity index (χ0v) is 13.7. The quantitative estimate of drug-likeness (QED) is 0.767. The second kappa shape index (κ2) is 6.27. The largest absolute Gasteiger partial charge is 0.355 e. The number of H-pyrrole nitrogens is 1. The molecular weight excluding hydrogens is 280 g/mol. The van der Waals surface area contributed by atoms with E-state index in [2.05, 4.69) is 80.0 Å². The Morgan fingerprint density at radius 1 is 1.00 bits per heavy atom. The number of nitrogens with two attached hydrogens (primary N) is 1. The van der Waals surface area contributed by atoms with Crippen LogP contribution in [0.1, 0.15) is 22.3 Å². The number of aromatic amines is 1. The zero-order chi connectivity index (χ0) is 16.4. The Labute approximate surface area is 137 Å². The fourth-order valence-electron chi connectivity index (χ4n) is 2.98. The summed E-state index contributed by atoms with van der Waals surface area (Å²) in [6.45, 7) is 8.90. The second-order valence-electron chi connectivity index (χ2n) is 5.89. The minimum Gasteiger partial charge on any atom is -0.355 e. The zero-order valence-electron chi connectivity index (χ0n) is 13.7. The van der Waals surface area contributed by atoms with E-state index in [1.165, 1.54) is 22.3 Å². The predicted octanol–water partition coefficient (Wildman–Crippen LogP) is 3.00. The van der Waals surface area contributed by atoms with Gasteiger partial charge in [-0.1, -0.05) is 55.1 Å². The molecule has 23 heavy (non-hydrogen) atoms. The molecule has 0 radical (unpaired) electrons. The molecule has 0 fully saturated rings. The van der Waals surface area contributed by atoms with Crippen molar-refractivity contribution in [3.63, 3.8) is 0 Å². The van der Waals surface area contributed by atoms with Gasteiger partial charge in [0.05, 0.1) is 5.69 Å². The van der Waals surface area contributed by atoms with Crippen molar-refractivity contribution < 1.29 is 0 Å². The average molecular weight is 302 g/mol. The molecule has 0 aliphatic rings. The molecule has 0 saturated carbocycles. The standard InChI is InChI=1S/C21H22N2/c1-14-8-4-6-10-17(14)12-19-16(3)23-21(20(19)13-22)18-11-7-5-9-15(18)2/h4-12,23H,3,13,22H2,1-2H3/b19-12+. The summed E-state index contributed by atoms with van der Waals surface area (Å²) in [5.41, 5.74) is 13.1. The van der Waals surface area contributed by atoms with Gasteiger partial charge in [0, 0.05) is 22.7 Å². The molecule has 0 amide bonds. The van der Waals surface area contributed by atoms with Gasteiger partial charge in [0.15, 0.2) is 0 Å². The van der Waals surface area contributed by atoms with Crippen molar-refractivity contribution in [1.82, 2.24) is 4.98 Å². The Balaban J connectivity index is 2.27. The summed E-state index contributed by atoms with van der Waals surface area (Å²) in [6.07, 6.45) is 2.18. The lowest BCUT2D eigenvalue weighted by Gasteiger charge is -2.06. The van der Waals surface area contributed by atoms with E-state index in [4.69, 9.17) is 5.73 Å². The highest BCUT2D eigenvalue weighted by atomic mass is 14.7. The molecule has 2 aromatic carbocycles. The van der Waals surface area contributed by atoms with Gasteiger partial charge in [-0.15, -0.1) is 0 Å². The molecule has 3 aromatic rings. The molecule has 0 unspecified atom stereocenters. The van der Waals surface area contributed by atoms with Crippen molar-refractivity contribution in [2.24, 2.45) is 5.73 Å². The number of aryl methyl sites for hydroxylation is 2. The van der Waals surface area contributed by atoms with Crippen molar-refractivity contribution in [2.45, 2.75) is 20.4 Å². The lowest BCUT2D eigenvalue weighted by Crippen LogP contribution is -2.25. The molecule has 2 heteroatoms. The van der Waals surface area contributed by atoms with Gasteiger partial charge in [0.25, 0.3) is 0 Å². The number of nitrogens with one attached hydrogen (secondary N) is 1. The van der Waals surface area contributed by atoms with Crippen LogP contribution in [0.15, 0.2) is 48.5 Å². The molecule has 116 valence electrons. The molecule has 1 heterocycles. The van der Waals surface area contributed by atoms with Crippen molar-refractivity contribution in [1.29, 1.82) is 0 Å². The van der Waals surface area contributed by atoms with Crippen molar-refractivity contribution in [2.75, 3.05) is 0 Å². The van der Waals surface area contributed by atoms with E-state index in [0.717, 1.165) is 21.8 Å². The Morgan fingerprint density at radius 3 is 2.30 bits per heavy atom. The van der Waals surface area contributed by atoms with Gasteiger partial charge in [0.1, 0.15) is 0 Å². The van der Waals surface area contributed by atoms with Crippen LogP contribution in [0.2, 0.25) is 0 Å². The maximum absolute atomic E-state index is 6.08. The number of hydrogen-bond acceptors (Lipinski definition) is 1. The summed E-state index contributed by atoms with van der Waals surface area (Å²) in [7, 11) is 0. The van der Waals surface area contributed by atoms with Crippen molar-refractivity contribution in [3.8, 4) is 11.3 Å². The number of benzene rings is 2. The molecular formula is C21H22N2. The predicted molar refractivity (Wildman–Crippen MR) is 98.4 cm³/mol. The van der Waals surface area contributed by atoms with Gasteiger partial charge >= 0.3 is 0 Å². The van der Waals surface area contributed by atoms with E-state index in [1.54, 1.807) is 0 Å². The lowest BCUT2D eigenvalue weighted by atomic mass is 10.0. The third-order valence-corrected chi connectivity index (χ3v) is 4.33. The van der Waals surface area contributed by atoms with E-state index >= 15 is 0 Å². The normalized spacial score (nSPS) is 11.9. The molecule has 3 rings (SSSR count). The van der Waals surface area contributed by atoms with E-state index in [0.29, 0.717) is 6.54 Å². The van der Waals surface area contributed by atoms with Gasteiger partial charge in [-0.2, -0.15) is 0 Å². The average Bonchev–Trinajstić information content (AvgIpc) is 2.86. The Bertz CT molecular complexity index is 948. The molecule has 0 spiro atoms. The summed E-state index contributed by atoms with van der Waals surface area (Å²) < 4.78 is 0. The van der Waals surface area contributed by atoms with Crippen LogP contribution in [0.5, 0.6) is 0 Å². The highest BCUT2D eigenvalue weighted by molar-refractivity contribution is 5.69.